The quantitative estimate of drug-likeness (QED) is 0.756. The number of ether oxygens (including phenoxy) is 1. The number of rotatable bonds is 3. The Hall–Kier alpha value is -1.58. The third kappa shape index (κ3) is 2.43. The van der Waals surface area contributed by atoms with E-state index in [2.05, 4.69) is 4.98 Å². The van der Waals surface area contributed by atoms with E-state index in [1.54, 1.807) is 19.1 Å². The number of nitrogens with zero attached hydrogens (tertiary/aromatic N) is 1. The molecule has 0 spiro atoms. The van der Waals surface area contributed by atoms with Gasteiger partial charge in [0.1, 0.15) is 0 Å². The van der Waals surface area contributed by atoms with Crippen LogP contribution in [0, 0.1) is 6.92 Å². The van der Waals surface area contributed by atoms with Crippen molar-refractivity contribution in [2.24, 2.45) is 0 Å². The minimum Gasteiger partial charge on any atom is -0.481 e. The van der Waals surface area contributed by atoms with Crippen LogP contribution < -0.4 is 4.74 Å². The first-order chi connectivity index (χ1) is 6.13. The van der Waals surface area contributed by atoms with Gasteiger partial charge in [-0.25, -0.2) is 4.98 Å². The van der Waals surface area contributed by atoms with Crippen LogP contribution in [-0.2, 0) is 11.2 Å². The molecule has 0 fully saturated rings. The van der Waals surface area contributed by atoms with E-state index in [-0.39, 0.29) is 6.42 Å². The highest BCUT2D eigenvalue weighted by molar-refractivity contribution is 5.70. The zero-order valence-corrected chi connectivity index (χ0v) is 7.57. The van der Waals surface area contributed by atoms with E-state index in [1.807, 2.05) is 0 Å². The molecule has 0 radical (unpaired) electrons. The number of aliphatic carboxylic acids is 1. The average molecular weight is 181 g/mol. The lowest BCUT2D eigenvalue weighted by molar-refractivity contribution is -0.136. The Kier molecular flexibility index (Phi) is 2.84. The SMILES string of the molecule is COc1ccc(CC(=O)O)c(C)n1. The Bertz CT molecular complexity index is 323. The third-order valence-corrected chi connectivity index (χ3v) is 1.72. The molecule has 0 saturated carbocycles. The van der Waals surface area contributed by atoms with Crippen molar-refractivity contribution in [1.29, 1.82) is 0 Å². The van der Waals surface area contributed by atoms with E-state index in [0.717, 1.165) is 0 Å². The van der Waals surface area contributed by atoms with Crippen molar-refractivity contribution in [3.63, 3.8) is 0 Å². The van der Waals surface area contributed by atoms with Gasteiger partial charge in [-0.15, -0.1) is 0 Å². The lowest BCUT2D eigenvalue weighted by atomic mass is 10.1. The first-order valence-electron chi connectivity index (χ1n) is 3.86. The summed E-state index contributed by atoms with van der Waals surface area (Å²) in [6.07, 6.45) is 0.00281. The largest absolute Gasteiger partial charge is 0.481 e. The number of carboxylic acids is 1. The second-order valence-corrected chi connectivity index (χ2v) is 2.67. The summed E-state index contributed by atoms with van der Waals surface area (Å²) in [6.45, 7) is 1.76. The molecule has 1 N–H and O–H groups in total. The molecule has 1 rings (SSSR count). The molecule has 4 heteroatoms. The molecule has 1 heterocycles. The van der Waals surface area contributed by atoms with Gasteiger partial charge in [-0.3, -0.25) is 4.79 Å². The number of hydrogen-bond donors (Lipinski definition) is 1. The summed E-state index contributed by atoms with van der Waals surface area (Å²) in [7, 11) is 1.53. The molecule has 0 aliphatic carbocycles. The second-order valence-electron chi connectivity index (χ2n) is 2.67. The highest BCUT2D eigenvalue weighted by atomic mass is 16.5. The normalized spacial score (nSPS) is 9.69. The summed E-state index contributed by atoms with van der Waals surface area (Å²) < 4.78 is 4.90. The Morgan fingerprint density at radius 3 is 2.77 bits per heavy atom. The number of hydrogen-bond acceptors (Lipinski definition) is 3. The van der Waals surface area contributed by atoms with Crippen molar-refractivity contribution < 1.29 is 14.6 Å². The maximum atomic E-state index is 10.4. The summed E-state index contributed by atoms with van der Waals surface area (Å²) in [5.41, 5.74) is 1.41. The van der Waals surface area contributed by atoms with Gasteiger partial charge in [0.25, 0.3) is 0 Å². The zero-order chi connectivity index (χ0) is 9.84. The zero-order valence-electron chi connectivity index (χ0n) is 7.57. The second kappa shape index (κ2) is 3.89. The number of aromatic nitrogens is 1. The summed E-state index contributed by atoms with van der Waals surface area (Å²) in [6, 6.07) is 3.38. The fourth-order valence-corrected chi connectivity index (χ4v) is 1.03. The van der Waals surface area contributed by atoms with Gasteiger partial charge >= 0.3 is 5.97 Å². The van der Waals surface area contributed by atoms with Gasteiger partial charge in [0, 0.05) is 11.8 Å². The van der Waals surface area contributed by atoms with Crippen LogP contribution in [-0.4, -0.2) is 23.2 Å². The molecule has 0 unspecified atom stereocenters. The smallest absolute Gasteiger partial charge is 0.307 e. The molecule has 0 aliphatic rings. The lowest BCUT2D eigenvalue weighted by Crippen LogP contribution is -2.03. The van der Waals surface area contributed by atoms with Crippen molar-refractivity contribution in [2.75, 3.05) is 7.11 Å². The minimum absolute atomic E-state index is 0.00281. The van der Waals surface area contributed by atoms with E-state index >= 15 is 0 Å². The molecular weight excluding hydrogens is 170 g/mol. The molecule has 13 heavy (non-hydrogen) atoms. The van der Waals surface area contributed by atoms with Gasteiger partial charge in [-0.05, 0) is 12.5 Å². The topological polar surface area (TPSA) is 59.4 Å². The van der Waals surface area contributed by atoms with Crippen molar-refractivity contribution >= 4 is 5.97 Å². The van der Waals surface area contributed by atoms with Crippen molar-refractivity contribution in [2.45, 2.75) is 13.3 Å². The molecule has 0 bridgehead atoms. The number of carboxylic acid groups (broad SMARTS) is 1. The van der Waals surface area contributed by atoms with E-state index in [9.17, 15) is 4.79 Å². The van der Waals surface area contributed by atoms with Crippen LogP contribution in [0.4, 0.5) is 0 Å². The van der Waals surface area contributed by atoms with Crippen LogP contribution in [0.1, 0.15) is 11.3 Å². The number of pyridine rings is 1. The highest BCUT2D eigenvalue weighted by Gasteiger charge is 2.05. The van der Waals surface area contributed by atoms with Gasteiger partial charge in [0.05, 0.1) is 13.5 Å². The Balaban J connectivity index is 2.91. The monoisotopic (exact) mass is 181 g/mol. The molecule has 0 atom stereocenters. The molecule has 70 valence electrons. The van der Waals surface area contributed by atoms with Gasteiger partial charge in [-0.1, -0.05) is 6.07 Å². The van der Waals surface area contributed by atoms with Crippen molar-refractivity contribution in [3.05, 3.63) is 23.4 Å². The lowest BCUT2D eigenvalue weighted by Gasteiger charge is -2.04. The summed E-state index contributed by atoms with van der Waals surface area (Å²) in [4.78, 5) is 14.5. The highest BCUT2D eigenvalue weighted by Crippen LogP contribution is 2.12. The molecule has 0 aliphatic heterocycles. The van der Waals surface area contributed by atoms with E-state index in [4.69, 9.17) is 9.84 Å². The van der Waals surface area contributed by atoms with Gasteiger partial charge in [0.15, 0.2) is 0 Å². The number of aryl methyl sites for hydroxylation is 1. The Morgan fingerprint density at radius 2 is 2.31 bits per heavy atom. The maximum Gasteiger partial charge on any atom is 0.307 e. The molecule has 0 saturated heterocycles. The predicted molar refractivity (Wildman–Crippen MR) is 46.9 cm³/mol. The van der Waals surface area contributed by atoms with E-state index < -0.39 is 5.97 Å². The molecule has 0 amide bonds. The fraction of sp³-hybridized carbons (Fsp3) is 0.333. The van der Waals surface area contributed by atoms with Gasteiger partial charge < -0.3 is 9.84 Å². The van der Waals surface area contributed by atoms with Crippen LogP contribution >= 0.6 is 0 Å². The number of methoxy groups -OCH3 is 1. The molecule has 1 aromatic rings. The maximum absolute atomic E-state index is 10.4. The number of carbonyl (C=O) groups is 1. The van der Waals surface area contributed by atoms with Crippen LogP contribution in [0.5, 0.6) is 5.88 Å². The van der Waals surface area contributed by atoms with E-state index in [0.29, 0.717) is 17.1 Å². The van der Waals surface area contributed by atoms with E-state index in [1.165, 1.54) is 7.11 Å². The molecule has 1 aromatic heterocycles. The summed E-state index contributed by atoms with van der Waals surface area (Å²) in [5, 5.41) is 8.56. The molecular formula is C9H11NO3. The van der Waals surface area contributed by atoms with Crippen molar-refractivity contribution in [3.8, 4) is 5.88 Å². The first-order valence-corrected chi connectivity index (χ1v) is 3.86. The van der Waals surface area contributed by atoms with Crippen LogP contribution in [0.15, 0.2) is 12.1 Å². The van der Waals surface area contributed by atoms with Crippen LogP contribution in [0.2, 0.25) is 0 Å². The Labute approximate surface area is 76.2 Å². The molecule has 0 aromatic carbocycles. The van der Waals surface area contributed by atoms with Gasteiger partial charge in [-0.2, -0.15) is 0 Å². The fourth-order valence-electron chi connectivity index (χ4n) is 1.03. The van der Waals surface area contributed by atoms with Gasteiger partial charge in [0.2, 0.25) is 5.88 Å². The van der Waals surface area contributed by atoms with Crippen LogP contribution in [0.3, 0.4) is 0 Å². The molecule has 4 nitrogen and oxygen atoms in total. The standard InChI is InChI=1S/C9H11NO3/c1-6-7(5-9(11)12)3-4-8(10-6)13-2/h3-4H,5H2,1-2H3,(H,11,12). The van der Waals surface area contributed by atoms with Crippen molar-refractivity contribution in [1.82, 2.24) is 4.98 Å². The van der Waals surface area contributed by atoms with Crippen LogP contribution in [0.25, 0.3) is 0 Å². The average Bonchev–Trinajstić information content (AvgIpc) is 2.08. The minimum atomic E-state index is -0.852. The Morgan fingerprint density at radius 1 is 1.62 bits per heavy atom. The summed E-state index contributed by atoms with van der Waals surface area (Å²) >= 11 is 0. The first kappa shape index (κ1) is 9.51. The summed E-state index contributed by atoms with van der Waals surface area (Å²) in [5.74, 6) is -0.346. The predicted octanol–water partition coefficient (Wildman–Crippen LogP) is 1.03. The third-order valence-electron chi connectivity index (χ3n) is 1.72.